The highest BCUT2D eigenvalue weighted by Crippen LogP contribution is 2.26. The van der Waals surface area contributed by atoms with Crippen LogP contribution in [0, 0.1) is 0 Å². The number of ether oxygens (including phenoxy) is 1. The molecule has 1 aliphatic heterocycles. The maximum absolute atomic E-state index is 12.6. The van der Waals surface area contributed by atoms with E-state index in [1.165, 1.54) is 12.4 Å². The smallest absolute Gasteiger partial charge is 0.276 e. The van der Waals surface area contributed by atoms with E-state index < -0.39 is 0 Å². The van der Waals surface area contributed by atoms with Gasteiger partial charge in [0.15, 0.2) is 11.5 Å². The predicted octanol–water partition coefficient (Wildman–Crippen LogP) is 2.15. The van der Waals surface area contributed by atoms with Crippen molar-refractivity contribution in [3.05, 3.63) is 53.4 Å². The van der Waals surface area contributed by atoms with Crippen molar-refractivity contribution in [2.24, 2.45) is 0 Å². The van der Waals surface area contributed by atoms with E-state index in [9.17, 15) is 4.79 Å². The van der Waals surface area contributed by atoms with Crippen molar-refractivity contribution < 1.29 is 9.53 Å². The quantitative estimate of drug-likeness (QED) is 0.688. The molecule has 1 fully saturated rings. The summed E-state index contributed by atoms with van der Waals surface area (Å²) in [5.74, 6) is 0.848. The molecule has 0 radical (unpaired) electrons. The third-order valence-electron chi connectivity index (χ3n) is 4.86. The summed E-state index contributed by atoms with van der Waals surface area (Å²) >= 11 is 1.64. The molecule has 3 aromatic rings. The van der Waals surface area contributed by atoms with Crippen LogP contribution in [0.1, 0.15) is 16.2 Å². The minimum atomic E-state index is -0.161. The minimum absolute atomic E-state index is 0.161. The number of nitrogens with zero attached hydrogens (tertiary/aromatic N) is 5. The third kappa shape index (κ3) is 4.36. The lowest BCUT2D eigenvalue weighted by molar-refractivity contribution is 0.0622. The summed E-state index contributed by atoms with van der Waals surface area (Å²) in [6, 6.07) is 7.92. The molecule has 3 heterocycles. The molecule has 4 rings (SSSR count). The number of anilines is 1. The molecule has 2 N–H and O–H groups in total. The summed E-state index contributed by atoms with van der Waals surface area (Å²) in [6.45, 7) is 3.58. The Balaban J connectivity index is 1.33. The van der Waals surface area contributed by atoms with E-state index in [0.717, 1.165) is 41.6 Å². The van der Waals surface area contributed by atoms with Crippen LogP contribution >= 0.6 is 11.3 Å². The maximum Gasteiger partial charge on any atom is 0.276 e. The summed E-state index contributed by atoms with van der Waals surface area (Å²) in [6.07, 6.45) is 2.97. The van der Waals surface area contributed by atoms with Crippen LogP contribution in [-0.4, -0.2) is 63.9 Å². The molecule has 1 amide bonds. The lowest BCUT2D eigenvalue weighted by atomic mass is 10.2. The van der Waals surface area contributed by atoms with Gasteiger partial charge in [-0.05, 0) is 24.3 Å². The van der Waals surface area contributed by atoms with E-state index in [4.69, 9.17) is 15.5 Å². The molecule has 0 bridgehead atoms. The largest absolute Gasteiger partial charge is 0.497 e. The number of piperazine rings is 1. The fourth-order valence-corrected chi connectivity index (χ4v) is 4.06. The Morgan fingerprint density at radius 1 is 1.14 bits per heavy atom. The SMILES string of the molecule is COc1ccc(-c2nc(CN3CCN(C(=O)c4nccnc4N)CC3)cs2)cc1. The number of hydrogen-bond acceptors (Lipinski definition) is 8. The lowest BCUT2D eigenvalue weighted by Crippen LogP contribution is -2.48. The van der Waals surface area contributed by atoms with Crippen LogP contribution in [0.15, 0.2) is 42.0 Å². The number of carbonyl (C=O) groups is 1. The zero-order chi connectivity index (χ0) is 20.2. The highest BCUT2D eigenvalue weighted by atomic mass is 32.1. The van der Waals surface area contributed by atoms with E-state index in [-0.39, 0.29) is 17.4 Å². The monoisotopic (exact) mass is 410 g/mol. The predicted molar refractivity (Wildman–Crippen MR) is 112 cm³/mol. The van der Waals surface area contributed by atoms with Gasteiger partial charge in [-0.1, -0.05) is 0 Å². The average molecular weight is 411 g/mol. The Morgan fingerprint density at radius 3 is 2.55 bits per heavy atom. The van der Waals surface area contributed by atoms with Crippen molar-refractivity contribution in [3.8, 4) is 16.3 Å². The lowest BCUT2D eigenvalue weighted by Gasteiger charge is -2.34. The molecule has 0 spiro atoms. The van der Waals surface area contributed by atoms with Crippen LogP contribution < -0.4 is 10.5 Å². The molecule has 0 unspecified atom stereocenters. The van der Waals surface area contributed by atoms with E-state index in [2.05, 4.69) is 20.2 Å². The van der Waals surface area contributed by atoms with Gasteiger partial charge in [0, 0.05) is 56.1 Å². The van der Waals surface area contributed by atoms with Gasteiger partial charge < -0.3 is 15.4 Å². The first-order valence-corrected chi connectivity index (χ1v) is 10.2. The van der Waals surface area contributed by atoms with Crippen LogP contribution in [0.3, 0.4) is 0 Å². The van der Waals surface area contributed by atoms with Gasteiger partial charge in [0.1, 0.15) is 10.8 Å². The van der Waals surface area contributed by atoms with E-state index >= 15 is 0 Å². The zero-order valence-electron chi connectivity index (χ0n) is 16.1. The van der Waals surface area contributed by atoms with Gasteiger partial charge in [0.05, 0.1) is 12.8 Å². The van der Waals surface area contributed by atoms with Crippen molar-refractivity contribution in [1.82, 2.24) is 24.8 Å². The highest BCUT2D eigenvalue weighted by Gasteiger charge is 2.25. The summed E-state index contributed by atoms with van der Waals surface area (Å²) < 4.78 is 5.21. The molecule has 150 valence electrons. The van der Waals surface area contributed by atoms with Crippen LogP contribution in [0.25, 0.3) is 10.6 Å². The van der Waals surface area contributed by atoms with Gasteiger partial charge in [0.25, 0.3) is 5.91 Å². The number of rotatable bonds is 5. The first-order valence-electron chi connectivity index (χ1n) is 9.31. The van der Waals surface area contributed by atoms with E-state index in [0.29, 0.717) is 13.1 Å². The van der Waals surface area contributed by atoms with Crippen molar-refractivity contribution in [3.63, 3.8) is 0 Å². The Kier molecular flexibility index (Phi) is 5.68. The van der Waals surface area contributed by atoms with Crippen LogP contribution in [0.4, 0.5) is 5.82 Å². The van der Waals surface area contributed by atoms with Gasteiger partial charge in [-0.2, -0.15) is 0 Å². The molecule has 0 aliphatic carbocycles. The number of aromatic nitrogens is 3. The number of hydrogen-bond donors (Lipinski definition) is 1. The molecule has 2 aromatic heterocycles. The first kappa shape index (κ1) is 19.3. The number of carbonyl (C=O) groups excluding carboxylic acids is 1. The Morgan fingerprint density at radius 2 is 1.86 bits per heavy atom. The number of amides is 1. The fourth-order valence-electron chi connectivity index (χ4n) is 3.25. The number of thiazole rings is 1. The van der Waals surface area contributed by atoms with Gasteiger partial charge >= 0.3 is 0 Å². The van der Waals surface area contributed by atoms with E-state index in [1.807, 2.05) is 24.3 Å². The average Bonchev–Trinajstić information content (AvgIpc) is 3.23. The van der Waals surface area contributed by atoms with Crippen LogP contribution in [0.5, 0.6) is 5.75 Å². The second kappa shape index (κ2) is 8.54. The van der Waals surface area contributed by atoms with Crippen molar-refractivity contribution in [1.29, 1.82) is 0 Å². The number of methoxy groups -OCH3 is 1. The molecule has 0 saturated carbocycles. The molecule has 9 heteroatoms. The Labute approximate surface area is 173 Å². The summed E-state index contributed by atoms with van der Waals surface area (Å²) in [5, 5.41) is 3.09. The maximum atomic E-state index is 12.6. The Hall–Kier alpha value is -3.04. The molecule has 29 heavy (non-hydrogen) atoms. The van der Waals surface area contributed by atoms with Crippen molar-refractivity contribution in [2.45, 2.75) is 6.54 Å². The van der Waals surface area contributed by atoms with Gasteiger partial charge in [-0.3, -0.25) is 9.69 Å². The molecular formula is C20H22N6O2S. The second-order valence-corrected chi connectivity index (χ2v) is 7.59. The van der Waals surface area contributed by atoms with Crippen LogP contribution in [0.2, 0.25) is 0 Å². The topological polar surface area (TPSA) is 97.5 Å². The highest BCUT2D eigenvalue weighted by molar-refractivity contribution is 7.13. The number of benzene rings is 1. The van der Waals surface area contributed by atoms with Gasteiger partial charge in [-0.25, -0.2) is 15.0 Å². The summed E-state index contributed by atoms with van der Waals surface area (Å²) in [7, 11) is 1.66. The summed E-state index contributed by atoms with van der Waals surface area (Å²) in [4.78, 5) is 29.5. The molecule has 1 aliphatic rings. The molecule has 1 aromatic carbocycles. The zero-order valence-corrected chi connectivity index (χ0v) is 16.9. The third-order valence-corrected chi connectivity index (χ3v) is 5.80. The number of nitrogens with two attached hydrogens (primary N) is 1. The molecule has 8 nitrogen and oxygen atoms in total. The van der Waals surface area contributed by atoms with E-state index in [1.54, 1.807) is 23.3 Å². The molecule has 0 atom stereocenters. The first-order chi connectivity index (χ1) is 14.1. The standard InChI is InChI=1S/C20H22N6O2S/c1-28-16-4-2-14(3-5-16)19-24-15(13-29-19)12-25-8-10-26(11-9-25)20(27)17-18(21)23-7-6-22-17/h2-7,13H,8-12H2,1H3,(H2,21,23). The Bertz CT molecular complexity index is 983. The number of nitrogen functional groups attached to an aromatic ring is 1. The molecular weight excluding hydrogens is 388 g/mol. The normalized spacial score (nSPS) is 14.7. The van der Waals surface area contributed by atoms with Gasteiger partial charge in [-0.15, -0.1) is 11.3 Å². The van der Waals surface area contributed by atoms with Gasteiger partial charge in [0.2, 0.25) is 0 Å². The van der Waals surface area contributed by atoms with Crippen molar-refractivity contribution in [2.75, 3.05) is 39.0 Å². The minimum Gasteiger partial charge on any atom is -0.497 e. The van der Waals surface area contributed by atoms with Crippen molar-refractivity contribution >= 4 is 23.1 Å². The van der Waals surface area contributed by atoms with Crippen LogP contribution in [-0.2, 0) is 6.54 Å². The molecule has 1 saturated heterocycles. The summed E-state index contributed by atoms with van der Waals surface area (Å²) in [5.41, 5.74) is 8.13. The second-order valence-electron chi connectivity index (χ2n) is 6.73. The fraction of sp³-hybridized carbons (Fsp3) is 0.300.